The Labute approximate surface area is 127 Å². The van der Waals surface area contributed by atoms with Gasteiger partial charge in [-0.25, -0.2) is 0 Å². The summed E-state index contributed by atoms with van der Waals surface area (Å²) >= 11 is 0. The fourth-order valence-corrected chi connectivity index (χ4v) is 2.03. The molecule has 0 aliphatic rings. The van der Waals surface area contributed by atoms with Gasteiger partial charge in [-0.15, -0.1) is 0 Å². The number of methoxy groups -OCH3 is 1. The van der Waals surface area contributed by atoms with E-state index in [-0.39, 0.29) is 18.5 Å². The molecule has 0 aliphatic carbocycles. The van der Waals surface area contributed by atoms with E-state index in [2.05, 4.69) is 11.8 Å². The minimum Gasteiger partial charge on any atom is -0.383 e. The van der Waals surface area contributed by atoms with Crippen molar-refractivity contribution in [1.29, 1.82) is 0 Å². The number of nitrogens with zero attached hydrogens (tertiary/aromatic N) is 1. The molecule has 1 aromatic rings. The number of hydrogen-bond donors (Lipinski definition) is 1. The zero-order valence-corrected chi connectivity index (χ0v) is 13.3. The number of nitrogens with two attached hydrogens (primary N) is 1. The highest BCUT2D eigenvalue weighted by molar-refractivity contribution is 5.97. The van der Waals surface area contributed by atoms with Crippen LogP contribution in [-0.2, 0) is 4.74 Å². The van der Waals surface area contributed by atoms with Gasteiger partial charge in [-0.1, -0.05) is 17.9 Å². The Morgan fingerprint density at radius 2 is 2.14 bits per heavy atom. The molecule has 0 atom stereocenters. The molecule has 1 aromatic carbocycles. The van der Waals surface area contributed by atoms with Gasteiger partial charge in [0.2, 0.25) is 0 Å². The molecule has 0 radical (unpaired) electrons. The summed E-state index contributed by atoms with van der Waals surface area (Å²) in [7, 11) is 1.63. The number of hydrogen-bond acceptors (Lipinski definition) is 3. The van der Waals surface area contributed by atoms with E-state index in [9.17, 15) is 4.79 Å². The van der Waals surface area contributed by atoms with Gasteiger partial charge in [0, 0.05) is 25.3 Å². The molecule has 21 heavy (non-hydrogen) atoms. The van der Waals surface area contributed by atoms with Crippen LogP contribution in [0.15, 0.2) is 18.2 Å². The summed E-state index contributed by atoms with van der Waals surface area (Å²) in [6.45, 7) is 7.32. The molecule has 0 unspecified atom stereocenters. The van der Waals surface area contributed by atoms with Gasteiger partial charge < -0.3 is 15.4 Å². The zero-order valence-electron chi connectivity index (χ0n) is 13.3. The first-order valence-corrected chi connectivity index (χ1v) is 7.10. The second-order valence-electron chi connectivity index (χ2n) is 5.14. The van der Waals surface area contributed by atoms with Crippen molar-refractivity contribution in [1.82, 2.24) is 4.90 Å². The normalized spacial score (nSPS) is 10.2. The number of ether oxygens (including phenoxy) is 1. The van der Waals surface area contributed by atoms with Crippen LogP contribution in [0, 0.1) is 18.8 Å². The number of carbonyl (C=O) groups excluding carboxylic acids is 1. The van der Waals surface area contributed by atoms with Gasteiger partial charge in [-0.2, -0.15) is 0 Å². The van der Waals surface area contributed by atoms with Crippen LogP contribution in [0.1, 0.15) is 35.3 Å². The van der Waals surface area contributed by atoms with E-state index in [0.29, 0.717) is 18.7 Å². The largest absolute Gasteiger partial charge is 0.383 e. The molecule has 0 aromatic heterocycles. The van der Waals surface area contributed by atoms with Gasteiger partial charge in [0.05, 0.1) is 18.7 Å². The average Bonchev–Trinajstić information content (AvgIpc) is 2.45. The fourth-order valence-electron chi connectivity index (χ4n) is 2.03. The molecule has 0 saturated heterocycles. The first-order chi connectivity index (χ1) is 10.0. The molecule has 1 amide bonds. The minimum absolute atomic E-state index is 0.0247. The van der Waals surface area contributed by atoms with Gasteiger partial charge in [-0.05, 0) is 38.5 Å². The second-order valence-corrected chi connectivity index (χ2v) is 5.14. The van der Waals surface area contributed by atoms with E-state index in [1.165, 1.54) is 0 Å². The van der Waals surface area contributed by atoms with Crippen LogP contribution < -0.4 is 5.73 Å². The predicted octanol–water partition coefficient (Wildman–Crippen LogP) is 1.80. The lowest BCUT2D eigenvalue weighted by molar-refractivity contribution is 0.0634. The summed E-state index contributed by atoms with van der Waals surface area (Å²) in [5.41, 5.74) is 7.85. The van der Waals surface area contributed by atoms with E-state index >= 15 is 0 Å². The molecular weight excluding hydrogens is 264 g/mol. The lowest BCUT2D eigenvalue weighted by Gasteiger charge is -2.27. The van der Waals surface area contributed by atoms with E-state index in [1.54, 1.807) is 12.0 Å². The third-order valence-electron chi connectivity index (χ3n) is 3.15. The van der Waals surface area contributed by atoms with Crippen molar-refractivity contribution in [2.45, 2.75) is 26.8 Å². The lowest BCUT2D eigenvalue weighted by Crippen LogP contribution is -2.39. The number of benzene rings is 1. The molecule has 2 N–H and O–H groups in total. The molecular formula is C17H24N2O2. The number of rotatable bonds is 5. The topological polar surface area (TPSA) is 55.6 Å². The first-order valence-electron chi connectivity index (χ1n) is 7.10. The molecule has 0 heterocycles. The van der Waals surface area contributed by atoms with Crippen LogP contribution in [-0.4, -0.2) is 43.7 Å². The van der Waals surface area contributed by atoms with Gasteiger partial charge >= 0.3 is 0 Å². The number of aryl methyl sites for hydroxylation is 1. The van der Waals surface area contributed by atoms with Crippen LogP contribution in [0.2, 0.25) is 0 Å². The molecule has 1 rings (SSSR count). The lowest BCUT2D eigenvalue weighted by atomic mass is 10.0. The van der Waals surface area contributed by atoms with Crippen LogP contribution in [0.25, 0.3) is 0 Å². The number of carbonyl (C=O) groups is 1. The maximum Gasteiger partial charge on any atom is 0.255 e. The molecule has 4 heteroatoms. The Hall–Kier alpha value is -1.83. The van der Waals surface area contributed by atoms with E-state index in [1.807, 2.05) is 39.0 Å². The molecule has 0 aliphatic heterocycles. The average molecular weight is 288 g/mol. The summed E-state index contributed by atoms with van der Waals surface area (Å²) < 4.78 is 5.08. The maximum absolute atomic E-state index is 12.8. The smallest absolute Gasteiger partial charge is 0.255 e. The van der Waals surface area contributed by atoms with Gasteiger partial charge in [0.15, 0.2) is 0 Å². The third kappa shape index (κ3) is 4.89. The van der Waals surface area contributed by atoms with E-state index < -0.39 is 0 Å². The third-order valence-corrected chi connectivity index (χ3v) is 3.15. The maximum atomic E-state index is 12.8. The monoisotopic (exact) mass is 288 g/mol. The van der Waals surface area contributed by atoms with Crippen molar-refractivity contribution in [2.24, 2.45) is 5.73 Å². The molecule has 0 bridgehead atoms. The summed E-state index contributed by atoms with van der Waals surface area (Å²) in [6, 6.07) is 5.78. The quantitative estimate of drug-likeness (QED) is 0.841. The van der Waals surface area contributed by atoms with Crippen molar-refractivity contribution in [2.75, 3.05) is 26.8 Å². The first kappa shape index (κ1) is 17.2. The summed E-state index contributed by atoms with van der Waals surface area (Å²) in [5.74, 6) is 5.79. The second kappa shape index (κ2) is 8.46. The SMILES string of the molecule is COCCN(C(=O)c1ccc(C)cc1C#CCN)C(C)C. The Morgan fingerprint density at radius 1 is 1.43 bits per heavy atom. The van der Waals surface area contributed by atoms with Gasteiger partial charge in [-0.3, -0.25) is 4.79 Å². The van der Waals surface area contributed by atoms with Crippen LogP contribution in [0.4, 0.5) is 0 Å². The molecule has 114 valence electrons. The Bertz CT molecular complexity index is 541. The highest BCUT2D eigenvalue weighted by Crippen LogP contribution is 2.15. The van der Waals surface area contributed by atoms with Crippen LogP contribution in [0.5, 0.6) is 0 Å². The minimum atomic E-state index is -0.0247. The van der Waals surface area contributed by atoms with Crippen molar-refractivity contribution < 1.29 is 9.53 Å². The summed E-state index contributed by atoms with van der Waals surface area (Å²) in [4.78, 5) is 14.6. The molecule has 0 saturated carbocycles. The van der Waals surface area contributed by atoms with Crippen LogP contribution >= 0.6 is 0 Å². The van der Waals surface area contributed by atoms with Gasteiger partial charge in [0.25, 0.3) is 5.91 Å². The Balaban J connectivity index is 3.14. The van der Waals surface area contributed by atoms with Crippen molar-refractivity contribution in [3.05, 3.63) is 34.9 Å². The molecule has 0 spiro atoms. The Kier molecular flexibility index (Phi) is 6.93. The molecule has 4 nitrogen and oxygen atoms in total. The summed E-state index contributed by atoms with van der Waals surface area (Å²) in [5, 5.41) is 0. The van der Waals surface area contributed by atoms with E-state index in [0.717, 1.165) is 11.1 Å². The van der Waals surface area contributed by atoms with Crippen LogP contribution in [0.3, 0.4) is 0 Å². The highest BCUT2D eigenvalue weighted by Gasteiger charge is 2.20. The fraction of sp³-hybridized carbons (Fsp3) is 0.471. The predicted molar refractivity (Wildman–Crippen MR) is 85.2 cm³/mol. The standard InChI is InChI=1S/C17H24N2O2/c1-13(2)19(10-11-21-4)17(20)16-8-7-14(3)12-15(16)6-5-9-18/h7-8,12-13H,9-11,18H2,1-4H3. The zero-order chi connectivity index (χ0) is 15.8. The van der Waals surface area contributed by atoms with Gasteiger partial charge in [0.1, 0.15) is 0 Å². The highest BCUT2D eigenvalue weighted by atomic mass is 16.5. The summed E-state index contributed by atoms with van der Waals surface area (Å²) in [6.07, 6.45) is 0. The Morgan fingerprint density at radius 3 is 2.71 bits per heavy atom. The van der Waals surface area contributed by atoms with Crippen molar-refractivity contribution in [3.63, 3.8) is 0 Å². The van der Waals surface area contributed by atoms with E-state index in [4.69, 9.17) is 10.5 Å². The molecule has 0 fully saturated rings. The van der Waals surface area contributed by atoms with Crippen molar-refractivity contribution >= 4 is 5.91 Å². The van der Waals surface area contributed by atoms with Crippen molar-refractivity contribution in [3.8, 4) is 11.8 Å². The number of amides is 1.